The highest BCUT2D eigenvalue weighted by Crippen LogP contribution is 2.03. The first-order valence-corrected chi connectivity index (χ1v) is 6.53. The maximum Gasteiger partial charge on any atom is 0.212 e. The van der Waals surface area contributed by atoms with Gasteiger partial charge in [-0.1, -0.05) is 13.8 Å². The van der Waals surface area contributed by atoms with E-state index in [1.165, 1.54) is 14.2 Å². The van der Waals surface area contributed by atoms with Crippen LogP contribution >= 0.6 is 0 Å². The zero-order valence-electron chi connectivity index (χ0n) is 9.98. The van der Waals surface area contributed by atoms with Gasteiger partial charge in [0.1, 0.15) is 0 Å². The van der Waals surface area contributed by atoms with Crippen molar-refractivity contribution in [3.05, 3.63) is 0 Å². The van der Waals surface area contributed by atoms with Crippen LogP contribution in [-0.2, 0) is 19.5 Å². The standard InChI is InChI=1S/C9H21NO4S/c1-7(2)6-15(11,12)10-8(3)9(13-4)14-5/h7-10H,6H2,1-5H3. The molecule has 92 valence electrons. The van der Waals surface area contributed by atoms with Crippen molar-refractivity contribution in [2.45, 2.75) is 33.1 Å². The number of rotatable bonds is 7. The van der Waals surface area contributed by atoms with Crippen molar-refractivity contribution in [3.63, 3.8) is 0 Å². The largest absolute Gasteiger partial charge is 0.354 e. The van der Waals surface area contributed by atoms with Crippen molar-refractivity contribution in [2.24, 2.45) is 5.92 Å². The summed E-state index contributed by atoms with van der Waals surface area (Å²) in [6, 6.07) is -0.399. The number of ether oxygens (including phenoxy) is 2. The van der Waals surface area contributed by atoms with Gasteiger partial charge in [0.2, 0.25) is 10.0 Å². The van der Waals surface area contributed by atoms with E-state index in [0.29, 0.717) is 0 Å². The van der Waals surface area contributed by atoms with Crippen LogP contribution in [0.4, 0.5) is 0 Å². The lowest BCUT2D eigenvalue weighted by Gasteiger charge is -2.22. The third-order valence-corrected chi connectivity index (χ3v) is 3.63. The summed E-state index contributed by atoms with van der Waals surface area (Å²) in [5.74, 6) is 0.204. The predicted molar refractivity (Wildman–Crippen MR) is 59.0 cm³/mol. The lowest BCUT2D eigenvalue weighted by molar-refractivity contribution is -0.115. The Hall–Kier alpha value is -0.170. The highest BCUT2D eigenvalue weighted by atomic mass is 32.2. The first-order valence-electron chi connectivity index (χ1n) is 4.88. The molecule has 0 aromatic heterocycles. The Bertz CT molecular complexity index is 259. The van der Waals surface area contributed by atoms with Crippen molar-refractivity contribution in [2.75, 3.05) is 20.0 Å². The van der Waals surface area contributed by atoms with Crippen LogP contribution in [0.15, 0.2) is 0 Å². The molecule has 0 aliphatic rings. The van der Waals surface area contributed by atoms with E-state index in [-0.39, 0.29) is 11.7 Å². The van der Waals surface area contributed by atoms with E-state index in [4.69, 9.17) is 9.47 Å². The summed E-state index contributed by atoms with van der Waals surface area (Å²) in [7, 11) is -0.308. The molecule has 0 aromatic rings. The molecule has 0 rings (SSSR count). The van der Waals surface area contributed by atoms with Crippen LogP contribution in [0.3, 0.4) is 0 Å². The summed E-state index contributed by atoms with van der Waals surface area (Å²) in [5.41, 5.74) is 0. The second kappa shape index (κ2) is 6.42. The Morgan fingerprint density at radius 3 is 1.93 bits per heavy atom. The smallest absolute Gasteiger partial charge is 0.212 e. The van der Waals surface area contributed by atoms with Gasteiger partial charge in [0, 0.05) is 14.2 Å². The van der Waals surface area contributed by atoms with Crippen LogP contribution in [0.1, 0.15) is 20.8 Å². The monoisotopic (exact) mass is 239 g/mol. The van der Waals surface area contributed by atoms with E-state index in [0.717, 1.165) is 0 Å². The fraction of sp³-hybridized carbons (Fsp3) is 1.00. The lowest BCUT2D eigenvalue weighted by Crippen LogP contribution is -2.44. The summed E-state index contributed by atoms with van der Waals surface area (Å²) in [6.45, 7) is 5.41. The lowest BCUT2D eigenvalue weighted by atomic mass is 10.3. The summed E-state index contributed by atoms with van der Waals surface area (Å²) in [4.78, 5) is 0. The first kappa shape index (κ1) is 14.8. The Labute approximate surface area is 92.2 Å². The van der Waals surface area contributed by atoms with Gasteiger partial charge in [0.05, 0.1) is 11.8 Å². The minimum atomic E-state index is -3.26. The van der Waals surface area contributed by atoms with E-state index in [1.54, 1.807) is 6.92 Å². The summed E-state index contributed by atoms with van der Waals surface area (Å²) in [6.07, 6.45) is -0.563. The predicted octanol–water partition coefficient (Wildman–Crippen LogP) is 0.569. The highest BCUT2D eigenvalue weighted by molar-refractivity contribution is 7.89. The number of methoxy groups -OCH3 is 2. The van der Waals surface area contributed by atoms with E-state index < -0.39 is 22.4 Å². The molecule has 0 spiro atoms. The maximum absolute atomic E-state index is 11.6. The van der Waals surface area contributed by atoms with Crippen molar-refractivity contribution < 1.29 is 17.9 Å². The van der Waals surface area contributed by atoms with Crippen LogP contribution in [0, 0.1) is 5.92 Å². The van der Waals surface area contributed by atoms with Crippen LogP contribution in [0.5, 0.6) is 0 Å². The molecule has 15 heavy (non-hydrogen) atoms. The molecule has 0 radical (unpaired) electrons. The van der Waals surface area contributed by atoms with Gasteiger partial charge in [-0.25, -0.2) is 13.1 Å². The molecule has 1 N–H and O–H groups in total. The van der Waals surface area contributed by atoms with Gasteiger partial charge in [0.25, 0.3) is 0 Å². The Balaban J connectivity index is 4.32. The number of hydrogen-bond donors (Lipinski definition) is 1. The van der Waals surface area contributed by atoms with Gasteiger partial charge in [-0.05, 0) is 12.8 Å². The van der Waals surface area contributed by atoms with Crippen LogP contribution in [0.2, 0.25) is 0 Å². The molecule has 0 saturated heterocycles. The van der Waals surface area contributed by atoms with Gasteiger partial charge in [-0.15, -0.1) is 0 Å². The van der Waals surface area contributed by atoms with Gasteiger partial charge >= 0.3 is 0 Å². The van der Waals surface area contributed by atoms with Crippen molar-refractivity contribution in [1.82, 2.24) is 4.72 Å². The summed E-state index contributed by atoms with van der Waals surface area (Å²) < 4.78 is 35.6. The Morgan fingerprint density at radius 1 is 1.13 bits per heavy atom. The zero-order chi connectivity index (χ0) is 12.1. The molecule has 0 aliphatic carbocycles. The molecule has 0 aliphatic heterocycles. The van der Waals surface area contributed by atoms with Crippen molar-refractivity contribution >= 4 is 10.0 Å². The third kappa shape index (κ3) is 6.09. The fourth-order valence-electron chi connectivity index (χ4n) is 1.33. The van der Waals surface area contributed by atoms with Crippen LogP contribution in [-0.4, -0.2) is 40.7 Å². The normalized spacial score (nSPS) is 14.9. The van der Waals surface area contributed by atoms with Gasteiger partial charge in [0.15, 0.2) is 6.29 Å². The number of sulfonamides is 1. The quantitative estimate of drug-likeness (QED) is 0.660. The molecule has 6 heteroatoms. The molecule has 0 heterocycles. The SMILES string of the molecule is COC(OC)C(C)NS(=O)(=O)CC(C)C. The minimum Gasteiger partial charge on any atom is -0.354 e. The molecule has 0 fully saturated rings. The molecule has 0 amide bonds. The Morgan fingerprint density at radius 2 is 1.60 bits per heavy atom. The fourth-order valence-corrected chi connectivity index (χ4v) is 2.98. The Kier molecular flexibility index (Phi) is 6.35. The van der Waals surface area contributed by atoms with Crippen LogP contribution in [0.25, 0.3) is 0 Å². The number of hydrogen-bond acceptors (Lipinski definition) is 4. The van der Waals surface area contributed by atoms with Gasteiger partial charge in [-0.3, -0.25) is 0 Å². The number of nitrogens with one attached hydrogen (secondary N) is 1. The molecule has 1 unspecified atom stereocenters. The average molecular weight is 239 g/mol. The average Bonchev–Trinajstić information content (AvgIpc) is 2.02. The van der Waals surface area contributed by atoms with Gasteiger partial charge < -0.3 is 9.47 Å². The third-order valence-electron chi connectivity index (χ3n) is 1.79. The summed E-state index contributed by atoms with van der Waals surface area (Å²) in [5, 5.41) is 0. The summed E-state index contributed by atoms with van der Waals surface area (Å²) >= 11 is 0. The topological polar surface area (TPSA) is 64.6 Å². The van der Waals surface area contributed by atoms with E-state index in [1.807, 2.05) is 13.8 Å². The minimum absolute atomic E-state index is 0.0956. The molecule has 0 bridgehead atoms. The van der Waals surface area contributed by atoms with E-state index in [9.17, 15) is 8.42 Å². The van der Waals surface area contributed by atoms with Crippen LogP contribution < -0.4 is 4.72 Å². The highest BCUT2D eigenvalue weighted by Gasteiger charge is 2.22. The maximum atomic E-state index is 11.6. The molecular weight excluding hydrogens is 218 g/mol. The van der Waals surface area contributed by atoms with Crippen molar-refractivity contribution in [1.29, 1.82) is 0 Å². The van der Waals surface area contributed by atoms with E-state index >= 15 is 0 Å². The van der Waals surface area contributed by atoms with E-state index in [2.05, 4.69) is 4.72 Å². The zero-order valence-corrected chi connectivity index (χ0v) is 10.8. The molecule has 1 atom stereocenters. The second-order valence-electron chi connectivity index (χ2n) is 3.92. The van der Waals surface area contributed by atoms with Crippen molar-refractivity contribution in [3.8, 4) is 0 Å². The molecule has 5 nitrogen and oxygen atoms in total. The molecule has 0 aromatic carbocycles. The molecular formula is C9H21NO4S. The first-order chi connectivity index (χ1) is 6.82. The van der Waals surface area contributed by atoms with Gasteiger partial charge in [-0.2, -0.15) is 0 Å². The second-order valence-corrected chi connectivity index (χ2v) is 5.72. The molecule has 0 saturated carbocycles.